The van der Waals surface area contributed by atoms with Crippen LogP contribution in [0.15, 0.2) is 6.08 Å². The maximum Gasteiger partial charge on any atom is 2.00 e. The third-order valence-corrected chi connectivity index (χ3v) is 3.99. The number of hydrogen-bond donors (Lipinski definition) is 1. The Balaban J connectivity index is 0.00000123. The van der Waals surface area contributed by atoms with Gasteiger partial charge in [0.15, 0.2) is 6.29 Å². The maximum atomic E-state index is 12.1. The standard InChI is InChI=1S/C15H24BNO3.C2H5O.U/c1-3-12-13(20-15-7-4-5-10-19-15)11-14(18)17(12)9-6-8-16-2;1-2-3;/h1,3,12-13,15H,4-11H2,2H3;2-3H,1H3;/q2*-1;+2/t12-,13+,15?;;/m0../s1. The molecule has 1 N–H and O–H groups in total. The van der Waals surface area contributed by atoms with E-state index in [1.807, 2.05) is 11.7 Å². The molecule has 2 aliphatic rings. The van der Waals surface area contributed by atoms with Crippen molar-refractivity contribution < 1.29 is 50.5 Å². The molecule has 3 atom stereocenters. The van der Waals surface area contributed by atoms with Gasteiger partial charge in [-0.2, -0.15) is 6.92 Å². The fraction of sp³-hybridized carbons (Fsp3) is 0.765. The van der Waals surface area contributed by atoms with E-state index in [0.29, 0.717) is 6.42 Å². The molecule has 2 aliphatic heterocycles. The van der Waals surface area contributed by atoms with Gasteiger partial charge in [0.2, 0.25) is 5.91 Å². The number of aliphatic hydroxyl groups is 1. The van der Waals surface area contributed by atoms with E-state index < -0.39 is 0 Å². The first-order valence-corrected chi connectivity index (χ1v) is 8.49. The van der Waals surface area contributed by atoms with Crippen LogP contribution in [0.2, 0.25) is 13.1 Å². The maximum absolute atomic E-state index is 12.1. The number of hydrogen-bond acceptors (Lipinski definition) is 4. The van der Waals surface area contributed by atoms with Gasteiger partial charge < -0.3 is 26.1 Å². The van der Waals surface area contributed by atoms with E-state index in [1.165, 1.54) is 0 Å². The van der Waals surface area contributed by atoms with Crippen molar-refractivity contribution in [3.63, 3.8) is 0 Å². The van der Waals surface area contributed by atoms with Crippen LogP contribution in [0.3, 0.4) is 0 Å². The Morgan fingerprint density at radius 1 is 1.54 bits per heavy atom. The van der Waals surface area contributed by atoms with E-state index in [9.17, 15) is 4.79 Å². The summed E-state index contributed by atoms with van der Waals surface area (Å²) in [5.74, 6) is 0.133. The average Bonchev–Trinajstić information content (AvgIpc) is 2.84. The van der Waals surface area contributed by atoms with Crippen molar-refractivity contribution in [2.45, 2.75) is 70.6 Å². The number of aliphatic hydroxyl groups excluding tert-OH is 1. The molecule has 133 valence electrons. The van der Waals surface area contributed by atoms with Gasteiger partial charge in [0.25, 0.3) is 0 Å². The Morgan fingerprint density at radius 2 is 2.25 bits per heavy atom. The Bertz CT molecular complexity index is 353. The van der Waals surface area contributed by atoms with Crippen LogP contribution in [-0.2, 0) is 14.3 Å². The second-order valence-corrected chi connectivity index (χ2v) is 5.75. The van der Waals surface area contributed by atoms with Gasteiger partial charge >= 0.3 is 31.1 Å². The Kier molecular flexibility index (Phi) is 14.5. The van der Waals surface area contributed by atoms with Crippen LogP contribution < -0.4 is 0 Å². The van der Waals surface area contributed by atoms with Crippen LogP contribution >= 0.6 is 0 Å². The van der Waals surface area contributed by atoms with Gasteiger partial charge in [-0.1, -0.05) is 13.1 Å². The number of likely N-dealkylation sites (tertiary alicyclic amines) is 1. The molecule has 5 nitrogen and oxygen atoms in total. The van der Waals surface area contributed by atoms with Gasteiger partial charge in [0, 0.05) is 19.2 Å². The summed E-state index contributed by atoms with van der Waals surface area (Å²) in [5.41, 5.74) is 0. The zero-order valence-electron chi connectivity index (χ0n) is 14.8. The molecule has 2 heterocycles. The Hall–Kier alpha value is 0.207. The van der Waals surface area contributed by atoms with Crippen LogP contribution in [0, 0.1) is 44.3 Å². The molecule has 7 heteroatoms. The third kappa shape index (κ3) is 8.06. The van der Waals surface area contributed by atoms with Gasteiger partial charge in [0.1, 0.15) is 7.28 Å². The fourth-order valence-electron chi connectivity index (χ4n) is 2.89. The van der Waals surface area contributed by atoms with E-state index in [0.717, 1.165) is 51.8 Å². The first-order chi connectivity index (χ1) is 11.2. The topological polar surface area (TPSA) is 59.0 Å². The van der Waals surface area contributed by atoms with Gasteiger partial charge in [-0.25, -0.2) is 12.7 Å². The molecule has 0 aromatic rings. The normalized spacial score (nSPS) is 26.2. The van der Waals surface area contributed by atoms with Crippen LogP contribution in [0.25, 0.3) is 0 Å². The van der Waals surface area contributed by atoms with Crippen molar-refractivity contribution in [2.75, 3.05) is 13.2 Å². The number of nitrogens with zero attached hydrogens (tertiary/aromatic N) is 1. The average molecular weight is 560 g/mol. The minimum Gasteiger partial charge on any atom is -0.566 e. The number of ether oxygens (including phenoxy) is 2. The molecule has 1 radical (unpaired) electrons. The first kappa shape index (κ1) is 24.2. The fourth-order valence-corrected chi connectivity index (χ4v) is 2.89. The molecule has 0 bridgehead atoms. The largest absolute Gasteiger partial charge is 2.00 e. The van der Waals surface area contributed by atoms with Crippen molar-refractivity contribution in [3.05, 3.63) is 19.3 Å². The number of amides is 1. The second kappa shape index (κ2) is 14.4. The second-order valence-electron chi connectivity index (χ2n) is 5.75. The molecule has 0 aromatic carbocycles. The summed E-state index contributed by atoms with van der Waals surface area (Å²) in [6.07, 6.45) is 6.77. The van der Waals surface area contributed by atoms with Gasteiger partial charge in [0.05, 0.1) is 12.5 Å². The van der Waals surface area contributed by atoms with E-state index in [-0.39, 0.29) is 55.5 Å². The minimum absolute atomic E-state index is 0. The van der Waals surface area contributed by atoms with E-state index in [4.69, 9.17) is 21.2 Å². The molecule has 2 rings (SSSR count). The predicted octanol–water partition coefficient (Wildman–Crippen LogP) is 2.59. The molecule has 0 saturated carbocycles. The zero-order chi connectivity index (χ0) is 17.1. The Labute approximate surface area is 171 Å². The summed E-state index contributed by atoms with van der Waals surface area (Å²) in [4.78, 5) is 14.0. The van der Waals surface area contributed by atoms with Crippen LogP contribution in [0.1, 0.15) is 39.0 Å². The number of carbonyl (C=O) groups is 1. The van der Waals surface area contributed by atoms with Crippen LogP contribution in [-0.4, -0.2) is 54.8 Å². The summed E-state index contributed by atoms with van der Waals surface area (Å²) in [7, 11) is 2.12. The Morgan fingerprint density at radius 3 is 2.79 bits per heavy atom. The van der Waals surface area contributed by atoms with E-state index >= 15 is 0 Å². The molecular weight excluding hydrogens is 531 g/mol. The molecule has 1 amide bonds. The zero-order valence-corrected chi connectivity index (χ0v) is 19.0. The first-order valence-electron chi connectivity index (χ1n) is 8.49. The minimum atomic E-state index is -0.173. The summed E-state index contributed by atoms with van der Waals surface area (Å²) >= 11 is 0. The third-order valence-electron chi connectivity index (χ3n) is 3.99. The molecule has 0 aromatic heterocycles. The molecule has 2 saturated heterocycles. The van der Waals surface area contributed by atoms with Crippen molar-refractivity contribution >= 4 is 13.2 Å². The molecule has 24 heavy (non-hydrogen) atoms. The van der Waals surface area contributed by atoms with Gasteiger partial charge in [-0.05, 0) is 25.7 Å². The number of carbonyl (C=O) groups excluding carboxylic acids is 1. The summed E-state index contributed by atoms with van der Waals surface area (Å²) in [6, 6.07) is -0.120. The SMILES string of the molecule is C[CH-]O.[CH-]=C[C@H]1[C@H](OC2CCCCO2)CC(=O)N1CCC[B]C.[U+2]. The summed E-state index contributed by atoms with van der Waals surface area (Å²) in [6.45, 7) is 11.8. The van der Waals surface area contributed by atoms with Gasteiger partial charge in [-0.15, -0.1) is 0 Å². The molecule has 1 unspecified atom stereocenters. The molecule has 0 aliphatic carbocycles. The quantitative estimate of drug-likeness (QED) is 0.296. The number of rotatable bonds is 7. The summed E-state index contributed by atoms with van der Waals surface area (Å²) in [5, 5.41) is 7.44. The summed E-state index contributed by atoms with van der Waals surface area (Å²) < 4.78 is 11.5. The molecular formula is C17H29BNO4U. The van der Waals surface area contributed by atoms with Crippen molar-refractivity contribution in [1.29, 1.82) is 0 Å². The van der Waals surface area contributed by atoms with E-state index in [2.05, 4.69) is 7.28 Å². The van der Waals surface area contributed by atoms with E-state index in [1.54, 1.807) is 13.0 Å². The van der Waals surface area contributed by atoms with Crippen molar-refractivity contribution in [1.82, 2.24) is 4.90 Å². The predicted molar refractivity (Wildman–Crippen MR) is 90.4 cm³/mol. The molecule has 0 spiro atoms. The van der Waals surface area contributed by atoms with Crippen LogP contribution in [0.5, 0.6) is 0 Å². The molecule has 2 fully saturated rings. The van der Waals surface area contributed by atoms with Crippen molar-refractivity contribution in [3.8, 4) is 0 Å². The smallest absolute Gasteiger partial charge is 0.566 e. The van der Waals surface area contributed by atoms with Crippen LogP contribution in [0.4, 0.5) is 0 Å². The monoisotopic (exact) mass is 560 g/mol. The van der Waals surface area contributed by atoms with Gasteiger partial charge in [-0.3, -0.25) is 4.79 Å². The van der Waals surface area contributed by atoms with Crippen molar-refractivity contribution in [2.24, 2.45) is 0 Å².